The number of nitro groups is 1. The molecule has 2 rings (SSSR count). The molecule has 0 spiro atoms. The number of nitro benzene ring substituents is 1. The molecule has 0 aliphatic heterocycles. The summed E-state index contributed by atoms with van der Waals surface area (Å²) < 4.78 is 0. The lowest BCUT2D eigenvalue weighted by atomic mass is 10.0. The van der Waals surface area contributed by atoms with Gasteiger partial charge in [0.25, 0.3) is 5.69 Å². The van der Waals surface area contributed by atoms with Crippen LogP contribution in [0.15, 0.2) is 30.3 Å². The second kappa shape index (κ2) is 4.44. The summed E-state index contributed by atoms with van der Waals surface area (Å²) in [7, 11) is 0. The van der Waals surface area contributed by atoms with Crippen molar-refractivity contribution >= 4 is 11.4 Å². The van der Waals surface area contributed by atoms with Gasteiger partial charge in [-0.15, -0.1) is 0 Å². The van der Waals surface area contributed by atoms with Crippen molar-refractivity contribution in [2.45, 2.75) is 13.8 Å². The average molecular weight is 243 g/mol. The third-order valence-corrected chi connectivity index (χ3v) is 2.64. The van der Waals surface area contributed by atoms with E-state index in [9.17, 15) is 10.1 Å². The lowest BCUT2D eigenvalue weighted by Gasteiger charge is -2.06. The Balaban J connectivity index is 2.52. The Morgan fingerprint density at radius 3 is 2.22 bits per heavy atom. The van der Waals surface area contributed by atoms with Gasteiger partial charge in [0, 0.05) is 17.5 Å². The summed E-state index contributed by atoms with van der Waals surface area (Å²) in [6, 6.07) is 8.59. The van der Waals surface area contributed by atoms with E-state index >= 15 is 0 Å². The molecule has 1 heterocycles. The average Bonchev–Trinajstić information content (AvgIpc) is 2.26. The third kappa shape index (κ3) is 2.29. The van der Waals surface area contributed by atoms with Gasteiger partial charge in [-0.2, -0.15) is 0 Å². The van der Waals surface area contributed by atoms with Gasteiger partial charge in [-0.25, -0.2) is 0 Å². The van der Waals surface area contributed by atoms with Crippen LogP contribution in [0.25, 0.3) is 11.1 Å². The van der Waals surface area contributed by atoms with E-state index in [2.05, 4.69) is 4.98 Å². The Bertz CT molecular complexity index is 603. The zero-order valence-electron chi connectivity index (χ0n) is 10.2. The van der Waals surface area contributed by atoms with Gasteiger partial charge in [0.2, 0.25) is 0 Å². The van der Waals surface area contributed by atoms with Crippen molar-refractivity contribution in [1.29, 1.82) is 0 Å². The van der Waals surface area contributed by atoms with Crippen molar-refractivity contribution in [2.75, 3.05) is 5.73 Å². The van der Waals surface area contributed by atoms with E-state index in [1.807, 2.05) is 26.0 Å². The van der Waals surface area contributed by atoms with Crippen LogP contribution in [0, 0.1) is 24.0 Å². The predicted octanol–water partition coefficient (Wildman–Crippen LogP) is 2.86. The van der Waals surface area contributed by atoms with E-state index in [0.717, 1.165) is 22.5 Å². The summed E-state index contributed by atoms with van der Waals surface area (Å²) in [5.74, 6) is 0. The van der Waals surface area contributed by atoms with Crippen molar-refractivity contribution in [3.8, 4) is 11.1 Å². The second-order valence-electron chi connectivity index (χ2n) is 4.17. The second-order valence-corrected chi connectivity index (χ2v) is 4.17. The van der Waals surface area contributed by atoms with Crippen molar-refractivity contribution in [2.24, 2.45) is 0 Å². The van der Waals surface area contributed by atoms with Gasteiger partial charge in [-0.05, 0) is 49.2 Å². The molecule has 0 aliphatic rings. The molecule has 18 heavy (non-hydrogen) atoms. The van der Waals surface area contributed by atoms with Crippen LogP contribution in [0.1, 0.15) is 11.4 Å². The number of benzene rings is 1. The minimum atomic E-state index is -0.484. The fraction of sp³-hybridized carbons (Fsp3) is 0.154. The predicted molar refractivity (Wildman–Crippen MR) is 70.2 cm³/mol. The molecule has 0 saturated heterocycles. The SMILES string of the molecule is Cc1cc(-c2ccc([N+](=O)[O-])c(N)c2)cc(C)n1. The van der Waals surface area contributed by atoms with Gasteiger partial charge in [0.15, 0.2) is 0 Å². The highest BCUT2D eigenvalue weighted by Gasteiger charge is 2.12. The Kier molecular flexibility index (Phi) is 2.97. The summed E-state index contributed by atoms with van der Waals surface area (Å²) >= 11 is 0. The van der Waals surface area contributed by atoms with Gasteiger partial charge in [0.05, 0.1) is 4.92 Å². The van der Waals surface area contributed by atoms with Crippen molar-refractivity contribution in [1.82, 2.24) is 4.98 Å². The molecule has 0 aliphatic carbocycles. The molecule has 0 unspecified atom stereocenters. The maximum atomic E-state index is 10.7. The number of nitrogens with zero attached hydrogens (tertiary/aromatic N) is 2. The number of rotatable bonds is 2. The normalized spacial score (nSPS) is 10.3. The first-order chi connectivity index (χ1) is 8.47. The van der Waals surface area contributed by atoms with Crippen LogP contribution in [0.3, 0.4) is 0 Å². The first kappa shape index (κ1) is 12.0. The van der Waals surface area contributed by atoms with Crippen LogP contribution in [0.4, 0.5) is 11.4 Å². The summed E-state index contributed by atoms with van der Waals surface area (Å²) in [4.78, 5) is 14.5. The van der Waals surface area contributed by atoms with Crippen LogP contribution in [-0.2, 0) is 0 Å². The van der Waals surface area contributed by atoms with Crippen molar-refractivity contribution in [3.05, 3.63) is 51.8 Å². The van der Waals surface area contributed by atoms with Crippen LogP contribution in [0.5, 0.6) is 0 Å². The number of anilines is 1. The van der Waals surface area contributed by atoms with E-state index in [-0.39, 0.29) is 11.4 Å². The Hall–Kier alpha value is -2.43. The minimum Gasteiger partial charge on any atom is -0.393 e. The molecule has 1 aromatic carbocycles. The lowest BCUT2D eigenvalue weighted by Crippen LogP contribution is -1.96. The minimum absolute atomic E-state index is 0.0683. The van der Waals surface area contributed by atoms with Crippen LogP contribution < -0.4 is 5.73 Å². The molecule has 2 aromatic rings. The largest absolute Gasteiger partial charge is 0.393 e. The zero-order valence-corrected chi connectivity index (χ0v) is 10.2. The van der Waals surface area contributed by atoms with Gasteiger partial charge < -0.3 is 5.73 Å². The van der Waals surface area contributed by atoms with E-state index in [1.54, 1.807) is 12.1 Å². The van der Waals surface area contributed by atoms with Crippen molar-refractivity contribution < 1.29 is 4.92 Å². The number of aryl methyl sites for hydroxylation is 2. The molecular formula is C13H13N3O2. The quantitative estimate of drug-likeness (QED) is 0.499. The number of aromatic nitrogens is 1. The van der Waals surface area contributed by atoms with Gasteiger partial charge in [-0.1, -0.05) is 0 Å². The Labute approximate surface area is 104 Å². The van der Waals surface area contributed by atoms with Crippen LogP contribution in [-0.4, -0.2) is 9.91 Å². The molecule has 0 radical (unpaired) electrons. The summed E-state index contributed by atoms with van der Waals surface area (Å²) in [5.41, 5.74) is 9.40. The molecule has 1 aromatic heterocycles. The number of pyridine rings is 1. The molecule has 2 N–H and O–H groups in total. The number of hydrogen-bond acceptors (Lipinski definition) is 4. The number of nitrogens with two attached hydrogens (primary N) is 1. The highest BCUT2D eigenvalue weighted by atomic mass is 16.6. The Morgan fingerprint density at radius 1 is 1.11 bits per heavy atom. The molecule has 0 fully saturated rings. The van der Waals surface area contributed by atoms with E-state index in [1.165, 1.54) is 6.07 Å². The topological polar surface area (TPSA) is 82.0 Å². The van der Waals surface area contributed by atoms with E-state index in [0.29, 0.717) is 0 Å². The number of nitrogen functional groups attached to an aromatic ring is 1. The first-order valence-electron chi connectivity index (χ1n) is 5.47. The fourth-order valence-electron chi connectivity index (χ4n) is 1.90. The number of hydrogen-bond donors (Lipinski definition) is 1. The standard InChI is InChI=1S/C13H13N3O2/c1-8-5-11(6-9(2)15-8)10-3-4-13(16(17)18)12(14)7-10/h3-7H,14H2,1-2H3. The fourth-order valence-corrected chi connectivity index (χ4v) is 1.90. The third-order valence-electron chi connectivity index (χ3n) is 2.64. The summed E-state index contributed by atoms with van der Waals surface area (Å²) in [5, 5.41) is 10.7. The maximum Gasteiger partial charge on any atom is 0.292 e. The monoisotopic (exact) mass is 243 g/mol. The van der Waals surface area contributed by atoms with Crippen molar-refractivity contribution in [3.63, 3.8) is 0 Å². The highest BCUT2D eigenvalue weighted by molar-refractivity contribution is 5.72. The molecule has 0 amide bonds. The molecule has 5 nitrogen and oxygen atoms in total. The van der Waals surface area contributed by atoms with Gasteiger partial charge in [0.1, 0.15) is 5.69 Å². The zero-order chi connectivity index (χ0) is 13.3. The van der Waals surface area contributed by atoms with Gasteiger partial charge >= 0.3 is 0 Å². The molecule has 5 heteroatoms. The van der Waals surface area contributed by atoms with E-state index in [4.69, 9.17) is 5.73 Å². The first-order valence-corrected chi connectivity index (χ1v) is 5.47. The molecule has 0 saturated carbocycles. The van der Waals surface area contributed by atoms with Gasteiger partial charge in [-0.3, -0.25) is 15.1 Å². The molecule has 92 valence electrons. The van der Waals surface area contributed by atoms with Crippen LogP contribution in [0.2, 0.25) is 0 Å². The summed E-state index contributed by atoms with van der Waals surface area (Å²) in [6.07, 6.45) is 0. The molecule has 0 atom stereocenters. The maximum absolute atomic E-state index is 10.7. The smallest absolute Gasteiger partial charge is 0.292 e. The van der Waals surface area contributed by atoms with E-state index < -0.39 is 4.92 Å². The summed E-state index contributed by atoms with van der Waals surface area (Å²) in [6.45, 7) is 3.82. The highest BCUT2D eigenvalue weighted by Crippen LogP contribution is 2.28. The molecule has 0 bridgehead atoms. The lowest BCUT2D eigenvalue weighted by molar-refractivity contribution is -0.383. The van der Waals surface area contributed by atoms with Crippen LogP contribution >= 0.6 is 0 Å². The molecular weight excluding hydrogens is 230 g/mol. The Morgan fingerprint density at radius 2 is 1.72 bits per heavy atom.